The molecule has 2 fully saturated rings. The smallest absolute Gasteiger partial charge is 0.165 e. The summed E-state index contributed by atoms with van der Waals surface area (Å²) in [7, 11) is 0. The molecular formula is C22H29FN2O2. The van der Waals surface area contributed by atoms with Crippen LogP contribution < -0.4 is 4.74 Å². The van der Waals surface area contributed by atoms with Crippen molar-refractivity contribution in [2.45, 2.75) is 64.5 Å². The number of piperidine rings is 1. The third-order valence-electron chi connectivity index (χ3n) is 6.40. The Balaban J connectivity index is 1.38. The highest BCUT2D eigenvalue weighted by atomic mass is 19.1. The predicted octanol–water partition coefficient (Wildman–Crippen LogP) is 4.01. The summed E-state index contributed by atoms with van der Waals surface area (Å²) in [6.45, 7) is 6.13. The van der Waals surface area contributed by atoms with Crippen LogP contribution in [0.1, 0.15) is 57.9 Å². The van der Waals surface area contributed by atoms with Crippen molar-refractivity contribution in [3.05, 3.63) is 29.6 Å². The first-order valence-electron chi connectivity index (χ1n) is 10.2. The molecule has 0 spiro atoms. The summed E-state index contributed by atoms with van der Waals surface area (Å²) < 4.78 is 20.6. The van der Waals surface area contributed by atoms with Crippen LogP contribution in [-0.2, 0) is 4.79 Å². The van der Waals surface area contributed by atoms with Gasteiger partial charge in [0.15, 0.2) is 17.3 Å². The number of Topliss-reactive ketones (excluding diaryl/α,β-unsaturated/α-hetero) is 1. The minimum Gasteiger partial charge on any atom is -0.487 e. The van der Waals surface area contributed by atoms with Crippen molar-refractivity contribution >= 4 is 11.5 Å². The minimum absolute atomic E-state index is 0.0882. The maximum absolute atomic E-state index is 14.6. The Bertz CT molecular complexity index is 747. The summed E-state index contributed by atoms with van der Waals surface area (Å²) in [5.74, 6) is 0.124. The van der Waals surface area contributed by atoms with Crippen molar-refractivity contribution in [2.24, 2.45) is 10.4 Å². The van der Waals surface area contributed by atoms with Gasteiger partial charge in [0.2, 0.25) is 0 Å². The largest absolute Gasteiger partial charge is 0.487 e. The van der Waals surface area contributed by atoms with Crippen LogP contribution in [0.4, 0.5) is 4.39 Å². The number of likely N-dealkylation sites (tertiary alicyclic amines) is 1. The van der Waals surface area contributed by atoms with Crippen LogP contribution in [0.2, 0.25) is 0 Å². The number of aliphatic imine (C=N–C) groups is 1. The summed E-state index contributed by atoms with van der Waals surface area (Å²) in [5.41, 5.74) is 1.12. The Morgan fingerprint density at radius 1 is 1.19 bits per heavy atom. The zero-order valence-corrected chi connectivity index (χ0v) is 16.3. The van der Waals surface area contributed by atoms with Gasteiger partial charge in [-0.2, -0.15) is 0 Å². The summed E-state index contributed by atoms with van der Waals surface area (Å²) in [6, 6.07) is 5.86. The van der Waals surface area contributed by atoms with Crippen LogP contribution in [-0.4, -0.2) is 48.2 Å². The highest BCUT2D eigenvalue weighted by Gasteiger charge is 2.33. The molecule has 0 radical (unpaired) electrons. The molecule has 1 aromatic carbocycles. The Morgan fingerprint density at radius 3 is 2.52 bits per heavy atom. The van der Waals surface area contributed by atoms with E-state index in [0.29, 0.717) is 12.2 Å². The number of ether oxygens (including phenoxy) is 1. The molecule has 27 heavy (non-hydrogen) atoms. The Kier molecular flexibility index (Phi) is 5.06. The van der Waals surface area contributed by atoms with Crippen LogP contribution in [0.3, 0.4) is 0 Å². The monoisotopic (exact) mass is 372 g/mol. The van der Waals surface area contributed by atoms with E-state index in [9.17, 15) is 9.18 Å². The Labute approximate surface area is 160 Å². The Morgan fingerprint density at radius 2 is 1.93 bits per heavy atom. The molecular weight excluding hydrogens is 343 g/mol. The van der Waals surface area contributed by atoms with Crippen molar-refractivity contribution in [1.29, 1.82) is 0 Å². The van der Waals surface area contributed by atoms with Crippen molar-refractivity contribution < 1.29 is 13.9 Å². The number of halogens is 1. The van der Waals surface area contributed by atoms with Crippen molar-refractivity contribution in [3.8, 4) is 5.75 Å². The van der Waals surface area contributed by atoms with Gasteiger partial charge in [0.05, 0.1) is 6.54 Å². The lowest BCUT2D eigenvalue weighted by Crippen LogP contribution is -2.46. The molecule has 1 saturated carbocycles. The topological polar surface area (TPSA) is 41.9 Å². The van der Waals surface area contributed by atoms with E-state index in [-0.39, 0.29) is 24.2 Å². The first-order chi connectivity index (χ1) is 12.9. The van der Waals surface area contributed by atoms with Gasteiger partial charge < -0.3 is 9.64 Å². The number of hydrogen-bond donors (Lipinski definition) is 0. The van der Waals surface area contributed by atoms with E-state index in [0.717, 1.165) is 43.2 Å². The van der Waals surface area contributed by atoms with Crippen LogP contribution in [0.5, 0.6) is 5.75 Å². The van der Waals surface area contributed by atoms with Gasteiger partial charge in [0.25, 0.3) is 0 Å². The summed E-state index contributed by atoms with van der Waals surface area (Å²) in [5, 5.41) is 0. The van der Waals surface area contributed by atoms with Gasteiger partial charge in [-0.05, 0) is 49.4 Å². The molecule has 0 amide bonds. The van der Waals surface area contributed by atoms with E-state index in [1.54, 1.807) is 6.07 Å². The lowest BCUT2D eigenvalue weighted by molar-refractivity contribution is -0.125. The number of hydrogen-bond acceptors (Lipinski definition) is 4. The number of ketones is 1. The summed E-state index contributed by atoms with van der Waals surface area (Å²) >= 11 is 0. The van der Waals surface area contributed by atoms with Crippen LogP contribution in [0.15, 0.2) is 23.2 Å². The van der Waals surface area contributed by atoms with Gasteiger partial charge >= 0.3 is 0 Å². The first kappa shape index (κ1) is 18.6. The third-order valence-corrected chi connectivity index (χ3v) is 6.40. The first-order valence-corrected chi connectivity index (χ1v) is 10.2. The molecule has 146 valence electrons. The van der Waals surface area contributed by atoms with Gasteiger partial charge in [0, 0.05) is 36.7 Å². The zero-order valence-electron chi connectivity index (χ0n) is 16.3. The van der Waals surface area contributed by atoms with Crippen molar-refractivity contribution in [2.75, 3.05) is 19.6 Å². The molecule has 1 aromatic rings. The zero-order chi connectivity index (χ0) is 19.0. The van der Waals surface area contributed by atoms with Crippen LogP contribution in [0, 0.1) is 11.2 Å². The van der Waals surface area contributed by atoms with Crippen LogP contribution >= 0.6 is 0 Å². The molecule has 0 unspecified atom stereocenters. The average molecular weight is 372 g/mol. The fraction of sp³-hybridized carbons (Fsp3) is 0.636. The fourth-order valence-corrected chi connectivity index (χ4v) is 4.21. The third kappa shape index (κ3) is 3.93. The summed E-state index contributed by atoms with van der Waals surface area (Å²) in [6.07, 6.45) is 6.56. The van der Waals surface area contributed by atoms with Crippen molar-refractivity contribution in [3.63, 3.8) is 0 Å². The lowest BCUT2D eigenvalue weighted by Gasteiger charge is -2.41. The normalized spacial score (nSPS) is 24.4. The second-order valence-corrected chi connectivity index (χ2v) is 8.83. The van der Waals surface area contributed by atoms with E-state index in [2.05, 4.69) is 9.89 Å². The average Bonchev–Trinajstić information content (AvgIpc) is 2.59. The fourth-order valence-electron chi connectivity index (χ4n) is 4.21. The molecule has 1 saturated heterocycles. The minimum atomic E-state index is -0.433. The van der Waals surface area contributed by atoms with E-state index < -0.39 is 5.41 Å². The standard InChI is InChI=1S/C22H29FN2O2/c1-22(2)13-19(24-14-21(22)26)15-6-7-20(18(23)12-15)27-17-8-10-25(11-9-17)16-4-3-5-16/h6-7,12,16-17H,3-5,8-11,13-14H2,1-2H3. The molecule has 4 rings (SSSR count). The quantitative estimate of drug-likeness (QED) is 0.802. The summed E-state index contributed by atoms with van der Waals surface area (Å²) in [4.78, 5) is 18.8. The number of carbonyl (C=O) groups excluding carboxylic acids is 1. The second kappa shape index (κ2) is 7.34. The molecule has 4 nitrogen and oxygen atoms in total. The van der Waals surface area contributed by atoms with Gasteiger partial charge in [-0.1, -0.05) is 20.3 Å². The molecule has 2 aliphatic heterocycles. The molecule has 0 N–H and O–H groups in total. The number of nitrogens with zero attached hydrogens (tertiary/aromatic N) is 2. The molecule has 0 bridgehead atoms. The van der Waals surface area contributed by atoms with Crippen molar-refractivity contribution in [1.82, 2.24) is 4.90 Å². The predicted molar refractivity (Wildman–Crippen MR) is 104 cm³/mol. The van der Waals surface area contributed by atoms with E-state index >= 15 is 0 Å². The molecule has 3 aliphatic rings. The van der Waals surface area contributed by atoms with Gasteiger partial charge in [0.1, 0.15) is 6.10 Å². The highest BCUT2D eigenvalue weighted by Crippen LogP contribution is 2.31. The van der Waals surface area contributed by atoms with Gasteiger partial charge in [-0.15, -0.1) is 0 Å². The number of benzene rings is 1. The molecule has 5 heteroatoms. The Hall–Kier alpha value is -1.75. The van der Waals surface area contributed by atoms with E-state index in [4.69, 9.17) is 4.74 Å². The maximum Gasteiger partial charge on any atom is 0.165 e. The molecule has 2 heterocycles. The SMILES string of the molecule is CC1(C)CC(c2ccc(OC3CCN(C4CCC4)CC3)c(F)c2)=NCC1=O. The second-order valence-electron chi connectivity index (χ2n) is 8.83. The molecule has 0 atom stereocenters. The maximum atomic E-state index is 14.6. The molecule has 0 aromatic heterocycles. The van der Waals surface area contributed by atoms with E-state index in [1.807, 2.05) is 19.9 Å². The van der Waals surface area contributed by atoms with Gasteiger partial charge in [-0.25, -0.2) is 4.39 Å². The van der Waals surface area contributed by atoms with Crippen LogP contribution in [0.25, 0.3) is 0 Å². The number of rotatable bonds is 4. The lowest BCUT2D eigenvalue weighted by atomic mass is 9.79. The highest BCUT2D eigenvalue weighted by molar-refractivity contribution is 6.07. The van der Waals surface area contributed by atoms with E-state index in [1.165, 1.54) is 25.3 Å². The number of carbonyl (C=O) groups is 1. The van der Waals surface area contributed by atoms with Gasteiger partial charge in [-0.3, -0.25) is 9.79 Å². The molecule has 1 aliphatic carbocycles.